The first kappa shape index (κ1) is 58.2. The van der Waals surface area contributed by atoms with Crippen LogP contribution in [0.1, 0.15) is 125 Å². The van der Waals surface area contributed by atoms with Crippen LogP contribution in [0.3, 0.4) is 0 Å². The lowest BCUT2D eigenvalue weighted by Gasteiger charge is -2.23. The highest BCUT2D eigenvalue weighted by atomic mass is 32.7. The van der Waals surface area contributed by atoms with Crippen molar-refractivity contribution >= 4 is 54.9 Å². The molecule has 23 nitrogen and oxygen atoms in total. The summed E-state index contributed by atoms with van der Waals surface area (Å²) in [4.78, 5) is 84.7. The molecule has 76 heavy (non-hydrogen) atoms. The number of aromatic nitrogens is 6. The van der Waals surface area contributed by atoms with Gasteiger partial charge in [-0.15, -0.1) is 6.58 Å². The Labute approximate surface area is 443 Å². The van der Waals surface area contributed by atoms with Crippen LogP contribution in [-0.4, -0.2) is 95.4 Å². The Morgan fingerprint density at radius 3 is 2.29 bits per heavy atom. The van der Waals surface area contributed by atoms with E-state index >= 15 is 0 Å². The molecular formula is C50H66N8O15P2S. The molecule has 0 spiro atoms. The number of rotatable bonds is 32. The van der Waals surface area contributed by atoms with Gasteiger partial charge in [0.25, 0.3) is 5.56 Å². The number of carbonyl (C=O) groups is 2. The van der Waals surface area contributed by atoms with Crippen molar-refractivity contribution in [2.45, 2.75) is 133 Å². The number of ether oxygens (including phenoxy) is 4. The number of nitrogens with zero attached hydrogens (tertiary/aromatic N) is 5. The number of benzene rings is 2. The Hall–Kier alpha value is -5.52. The van der Waals surface area contributed by atoms with Crippen molar-refractivity contribution < 1.29 is 61.0 Å². The summed E-state index contributed by atoms with van der Waals surface area (Å²) in [7, 11) is -4.85. The van der Waals surface area contributed by atoms with Crippen molar-refractivity contribution in [1.29, 1.82) is 0 Å². The zero-order valence-electron chi connectivity index (χ0n) is 42.1. The first-order chi connectivity index (χ1) is 36.6. The Kier molecular flexibility index (Phi) is 22.0. The van der Waals surface area contributed by atoms with E-state index in [1.54, 1.807) is 54.6 Å². The number of phosphoric acid groups is 1. The third-order valence-electron chi connectivity index (χ3n) is 12.6. The number of nitrogens with one attached hydrogen (secondary N) is 2. The zero-order valence-corrected chi connectivity index (χ0v) is 44.7. The van der Waals surface area contributed by atoms with Crippen molar-refractivity contribution in [2.75, 3.05) is 32.1 Å². The molecule has 2 aromatic carbocycles. The van der Waals surface area contributed by atoms with Crippen LogP contribution in [0.2, 0.25) is 0 Å². The third-order valence-corrected chi connectivity index (χ3v) is 16.5. The first-order valence-electron chi connectivity index (χ1n) is 25.4. The van der Waals surface area contributed by atoms with Gasteiger partial charge in [-0.05, 0) is 85.4 Å². The number of esters is 1. The highest BCUT2D eigenvalue weighted by molar-refractivity contribution is 8.54. The molecule has 1 amide bonds. The molecule has 0 saturated carbocycles. The van der Waals surface area contributed by atoms with Crippen molar-refractivity contribution in [3.8, 4) is 11.5 Å². The molecule has 2 fully saturated rings. The van der Waals surface area contributed by atoms with E-state index in [0.29, 0.717) is 66.2 Å². The minimum Gasteiger partial charge on any atom is -0.494 e. The van der Waals surface area contributed by atoms with Crippen LogP contribution in [0.4, 0.5) is 5.82 Å². The number of imidazole rings is 1. The van der Waals surface area contributed by atoms with Gasteiger partial charge in [-0.1, -0.05) is 69.6 Å². The lowest BCUT2D eigenvalue weighted by molar-refractivity contribution is -0.121. The second-order valence-corrected chi connectivity index (χ2v) is 23.6. The van der Waals surface area contributed by atoms with E-state index in [2.05, 4.69) is 31.8 Å². The predicted molar refractivity (Wildman–Crippen MR) is 282 cm³/mol. The van der Waals surface area contributed by atoms with Crippen LogP contribution in [-0.2, 0) is 42.7 Å². The Bertz CT molecular complexity index is 2910. The number of phosphoric ester groups is 1. The minimum atomic E-state index is -4.85. The number of allylic oxidation sites excluding steroid dienone is 1. The van der Waals surface area contributed by atoms with Crippen molar-refractivity contribution in [2.24, 2.45) is 0 Å². The number of anilines is 1. The van der Waals surface area contributed by atoms with E-state index in [1.807, 2.05) is 0 Å². The average molecular weight is 1110 g/mol. The van der Waals surface area contributed by atoms with E-state index in [4.69, 9.17) is 38.3 Å². The van der Waals surface area contributed by atoms with Crippen LogP contribution in [0.15, 0.2) is 95.7 Å². The molecule has 2 saturated heterocycles. The van der Waals surface area contributed by atoms with Gasteiger partial charge in [0, 0.05) is 37.4 Å². The van der Waals surface area contributed by atoms with Gasteiger partial charge in [-0.3, -0.25) is 37.3 Å². The standard InChI is InChI=1S/C50H66N8O15P2S/c1-2-3-14-42(59)52-26-12-10-8-6-4-5-7-9-11-13-28-67-37-21-17-36(18-22-37)49(61)71-38-19-15-35(16-20-38)32-76-75(65,66)69-31-41-40(29-45(72-41)58-34-55-46-47(51)53-33-54-48(46)58)73-74(63,64)68-30-39-23-24-44(70-39)57-27-25-43(60)56-50(57)62/h2,15-22,25,27,33-34,39-41,44-45H,1,3-14,23-24,26,28-32H2,(H,52,59)(H,63,64)(H,65,66)(H2,51,53,54)(H,56,60,62)/t39-,40-,41+,44+,45+/m0/s1. The average Bonchev–Trinajstić information content (AvgIpc) is 4.16. The number of hydrogen-bond acceptors (Lipinski definition) is 18. The first-order valence-corrected chi connectivity index (χ1v) is 30.1. The monoisotopic (exact) mass is 1110 g/mol. The van der Waals surface area contributed by atoms with E-state index in [1.165, 1.54) is 66.2 Å². The van der Waals surface area contributed by atoms with E-state index in [-0.39, 0.29) is 41.8 Å². The van der Waals surface area contributed by atoms with Crippen LogP contribution < -0.4 is 31.8 Å². The summed E-state index contributed by atoms with van der Waals surface area (Å²) >= 11 is 0.624. The van der Waals surface area contributed by atoms with E-state index < -0.39 is 69.2 Å². The Morgan fingerprint density at radius 2 is 1.57 bits per heavy atom. The van der Waals surface area contributed by atoms with E-state index in [9.17, 15) is 38.1 Å². The zero-order chi connectivity index (χ0) is 53.9. The minimum absolute atomic E-state index is 0.0303. The highest BCUT2D eigenvalue weighted by Gasteiger charge is 2.44. The van der Waals surface area contributed by atoms with Crippen molar-refractivity contribution in [3.63, 3.8) is 0 Å². The van der Waals surface area contributed by atoms with Crippen LogP contribution in [0, 0.1) is 0 Å². The number of unbranched alkanes of at least 4 members (excludes halogenated alkanes) is 9. The molecule has 2 aliphatic heterocycles. The highest BCUT2D eigenvalue weighted by Crippen LogP contribution is 2.58. The van der Waals surface area contributed by atoms with Gasteiger partial charge in [0.1, 0.15) is 48.0 Å². The number of nitrogen functional groups attached to an aromatic ring is 1. The maximum Gasteiger partial charge on any atom is 0.472 e. The lowest BCUT2D eigenvalue weighted by Crippen LogP contribution is -2.31. The number of aromatic amines is 1. The smallest absolute Gasteiger partial charge is 0.472 e. The molecule has 26 heteroatoms. The summed E-state index contributed by atoms with van der Waals surface area (Å²) in [5.41, 5.74) is 6.31. The van der Waals surface area contributed by atoms with Crippen LogP contribution in [0.25, 0.3) is 11.2 Å². The molecule has 2 unspecified atom stereocenters. The second kappa shape index (κ2) is 28.7. The molecule has 0 radical (unpaired) electrons. The fraction of sp³-hybridized carbons (Fsp3) is 0.500. The molecule has 7 atom stereocenters. The summed E-state index contributed by atoms with van der Waals surface area (Å²) < 4.78 is 69.4. The molecule has 5 aromatic rings. The molecule has 0 aliphatic carbocycles. The molecule has 0 bridgehead atoms. The van der Waals surface area contributed by atoms with Crippen molar-refractivity contribution in [3.05, 3.63) is 118 Å². The van der Waals surface area contributed by atoms with Gasteiger partial charge in [0.15, 0.2) is 11.5 Å². The number of hydrogen-bond donors (Lipinski definition) is 5. The molecular weight excluding hydrogens is 1050 g/mol. The van der Waals surface area contributed by atoms with E-state index in [0.717, 1.165) is 38.6 Å². The number of H-pyrrole nitrogens is 1. The third kappa shape index (κ3) is 18.0. The maximum atomic E-state index is 13.4. The van der Waals surface area contributed by atoms with Gasteiger partial charge in [-0.25, -0.2) is 33.7 Å². The van der Waals surface area contributed by atoms with Gasteiger partial charge in [-0.2, -0.15) is 0 Å². The van der Waals surface area contributed by atoms with Gasteiger partial charge >= 0.3 is 26.3 Å². The number of amides is 1. The van der Waals surface area contributed by atoms with Gasteiger partial charge in [0.2, 0.25) is 5.91 Å². The Morgan fingerprint density at radius 1 is 0.855 bits per heavy atom. The topological polar surface area (TPSA) is 310 Å². The second-order valence-electron chi connectivity index (χ2n) is 18.3. The molecule has 7 rings (SSSR count). The molecule has 412 valence electrons. The summed E-state index contributed by atoms with van der Waals surface area (Å²) in [6.07, 6.45) is 14.3. The molecule has 5 heterocycles. The van der Waals surface area contributed by atoms with Crippen LogP contribution >= 0.6 is 26.0 Å². The maximum absolute atomic E-state index is 13.4. The van der Waals surface area contributed by atoms with Gasteiger partial charge in [0.05, 0.1) is 37.8 Å². The fourth-order valence-electron chi connectivity index (χ4n) is 8.51. The molecule has 2 aliphatic rings. The lowest BCUT2D eigenvalue weighted by atomic mass is 10.1. The summed E-state index contributed by atoms with van der Waals surface area (Å²) in [6, 6.07) is 14.3. The Balaban J connectivity index is 0.808. The van der Waals surface area contributed by atoms with Gasteiger partial charge < -0.3 is 39.8 Å². The number of nitrogens with two attached hydrogens (primary N) is 1. The predicted octanol–water partition coefficient (Wildman–Crippen LogP) is 8.06. The summed E-state index contributed by atoms with van der Waals surface area (Å²) in [5, 5.41) is 2.96. The van der Waals surface area contributed by atoms with Crippen molar-refractivity contribution in [1.82, 2.24) is 34.4 Å². The summed E-state index contributed by atoms with van der Waals surface area (Å²) in [5.74, 6) is 0.609. The SMILES string of the molecule is C=CCCC(=O)NCCCCCCCCCCCCOc1ccc(C(=O)Oc2ccc(CSP(=O)(O)OC[C@H]3O[C@@H](n4cnc5c(N)ncnc54)C[C@@H]3OP(=O)(O)OC[C@@H]3CC[C@H](n4ccc(=O)[nH]c4=O)O3)cc2)cc1. The quantitative estimate of drug-likeness (QED) is 0.00893. The normalized spacial score (nSPS) is 20.0. The largest absolute Gasteiger partial charge is 0.494 e. The van der Waals surface area contributed by atoms with Crippen LogP contribution in [0.5, 0.6) is 11.5 Å². The number of carbonyl (C=O) groups excluding carboxylic acids is 2. The molecule has 3 aromatic heterocycles. The number of fused-ring (bicyclic) bond motifs is 1. The summed E-state index contributed by atoms with van der Waals surface area (Å²) in [6.45, 7) is -0.339. The molecule has 6 N–H and O–H groups in total. The fourth-order valence-corrected chi connectivity index (χ4v) is 11.7.